The first-order chi connectivity index (χ1) is 12.5. The molecule has 0 spiro atoms. The summed E-state index contributed by atoms with van der Waals surface area (Å²) >= 11 is 6.09. The van der Waals surface area contributed by atoms with Gasteiger partial charge in [-0.2, -0.15) is 0 Å². The van der Waals surface area contributed by atoms with Crippen LogP contribution in [0.15, 0.2) is 24.3 Å². The number of carbonyl (C=O) groups is 1. The quantitative estimate of drug-likeness (QED) is 0.846. The van der Waals surface area contributed by atoms with Crippen molar-refractivity contribution in [3.05, 3.63) is 35.0 Å². The number of benzene rings is 1. The molecule has 2 amide bonds. The number of halogens is 3. The van der Waals surface area contributed by atoms with Crippen molar-refractivity contribution >= 4 is 34.2 Å². The van der Waals surface area contributed by atoms with E-state index in [-0.39, 0.29) is 17.8 Å². The smallest absolute Gasteiger partial charge is 0.315 e. The lowest BCUT2D eigenvalue weighted by Gasteiger charge is -2.22. The molecule has 5 nitrogen and oxygen atoms in total. The fourth-order valence-electron chi connectivity index (χ4n) is 3.31. The zero-order valence-corrected chi connectivity index (χ0v) is 14.8. The van der Waals surface area contributed by atoms with E-state index in [0.29, 0.717) is 35.4 Å². The van der Waals surface area contributed by atoms with E-state index in [9.17, 15) is 13.6 Å². The summed E-state index contributed by atoms with van der Waals surface area (Å²) in [5, 5.41) is 7.14. The summed E-state index contributed by atoms with van der Waals surface area (Å²) in [4.78, 5) is 18.0. The topological polar surface area (TPSA) is 57.3 Å². The second-order valence-corrected chi connectivity index (χ2v) is 7.29. The van der Waals surface area contributed by atoms with Gasteiger partial charge in [-0.1, -0.05) is 11.6 Å². The summed E-state index contributed by atoms with van der Waals surface area (Å²) < 4.78 is 26.5. The molecule has 1 aromatic heterocycles. The molecule has 1 aliphatic carbocycles. The molecule has 0 radical (unpaired) electrons. The molecule has 1 aromatic carbocycles. The number of anilines is 1. The van der Waals surface area contributed by atoms with E-state index in [0.717, 1.165) is 24.6 Å². The van der Waals surface area contributed by atoms with Crippen molar-refractivity contribution < 1.29 is 13.6 Å². The zero-order valence-electron chi connectivity index (χ0n) is 14.0. The molecular formula is C18H19ClF2N4O. The van der Waals surface area contributed by atoms with Crippen LogP contribution in [0.5, 0.6) is 0 Å². The fourth-order valence-corrected chi connectivity index (χ4v) is 3.48. The third-order valence-corrected chi connectivity index (χ3v) is 5.00. The number of carbonyl (C=O) groups excluding carboxylic acids is 1. The SMILES string of the molecule is O=C(NC1CC1)NC1CCN(c2cc(C(F)F)nc3ccc(Cl)cc23)C1. The van der Waals surface area contributed by atoms with Crippen molar-refractivity contribution in [3.63, 3.8) is 0 Å². The molecule has 2 aliphatic rings. The number of nitrogens with zero attached hydrogens (tertiary/aromatic N) is 2. The Kier molecular flexibility index (Phi) is 4.56. The Morgan fingerprint density at radius 2 is 1.96 bits per heavy atom. The van der Waals surface area contributed by atoms with Crippen LogP contribution in [0, 0.1) is 0 Å². The summed E-state index contributed by atoms with van der Waals surface area (Å²) in [6.45, 7) is 1.23. The predicted octanol–water partition coefficient (Wildman–Crippen LogP) is 3.87. The summed E-state index contributed by atoms with van der Waals surface area (Å²) in [5.41, 5.74) is 0.919. The number of nitrogens with one attached hydrogen (secondary N) is 2. The highest BCUT2D eigenvalue weighted by molar-refractivity contribution is 6.31. The Balaban J connectivity index is 1.57. The van der Waals surface area contributed by atoms with Crippen molar-refractivity contribution in [2.45, 2.75) is 37.8 Å². The minimum absolute atomic E-state index is 0.0221. The molecule has 2 aromatic rings. The normalized spacial score (nSPS) is 20.0. The first-order valence-corrected chi connectivity index (χ1v) is 9.08. The average molecular weight is 381 g/mol. The number of aromatic nitrogens is 1. The molecule has 8 heteroatoms. The molecule has 2 fully saturated rings. The molecule has 2 heterocycles. The van der Waals surface area contributed by atoms with Crippen molar-refractivity contribution in [1.82, 2.24) is 15.6 Å². The van der Waals surface area contributed by atoms with Gasteiger partial charge in [0.05, 0.1) is 5.52 Å². The molecule has 0 bridgehead atoms. The van der Waals surface area contributed by atoms with Gasteiger partial charge in [-0.3, -0.25) is 0 Å². The van der Waals surface area contributed by atoms with Gasteiger partial charge in [0.1, 0.15) is 5.69 Å². The monoisotopic (exact) mass is 380 g/mol. The number of urea groups is 1. The highest BCUT2D eigenvalue weighted by Gasteiger charge is 2.29. The molecule has 1 atom stereocenters. The third-order valence-electron chi connectivity index (χ3n) is 4.77. The summed E-state index contributed by atoms with van der Waals surface area (Å²) in [6.07, 6.45) is 0.177. The van der Waals surface area contributed by atoms with Gasteiger partial charge >= 0.3 is 6.03 Å². The molecule has 1 unspecified atom stereocenters. The van der Waals surface area contributed by atoms with Gasteiger partial charge in [-0.25, -0.2) is 18.6 Å². The summed E-state index contributed by atoms with van der Waals surface area (Å²) in [6, 6.07) is 6.59. The Bertz CT molecular complexity index is 843. The maximum absolute atomic E-state index is 13.2. The minimum atomic E-state index is -2.64. The van der Waals surface area contributed by atoms with Crippen LogP contribution in [0.4, 0.5) is 19.3 Å². The number of pyridine rings is 1. The number of amides is 2. The second kappa shape index (κ2) is 6.87. The lowest BCUT2D eigenvalue weighted by atomic mass is 10.1. The van der Waals surface area contributed by atoms with Crippen molar-refractivity contribution in [3.8, 4) is 0 Å². The van der Waals surface area contributed by atoms with Gasteiger partial charge < -0.3 is 15.5 Å². The van der Waals surface area contributed by atoms with Crippen LogP contribution in [-0.2, 0) is 0 Å². The average Bonchev–Trinajstić information content (AvgIpc) is 3.29. The van der Waals surface area contributed by atoms with E-state index < -0.39 is 6.43 Å². The molecule has 26 heavy (non-hydrogen) atoms. The summed E-state index contributed by atoms with van der Waals surface area (Å²) in [5.74, 6) is 0. The Morgan fingerprint density at radius 3 is 2.69 bits per heavy atom. The highest BCUT2D eigenvalue weighted by atomic mass is 35.5. The van der Waals surface area contributed by atoms with Crippen LogP contribution < -0.4 is 15.5 Å². The number of rotatable bonds is 4. The van der Waals surface area contributed by atoms with Crippen LogP contribution >= 0.6 is 11.6 Å². The first kappa shape index (κ1) is 17.3. The van der Waals surface area contributed by atoms with E-state index in [4.69, 9.17) is 11.6 Å². The van der Waals surface area contributed by atoms with E-state index >= 15 is 0 Å². The van der Waals surface area contributed by atoms with Crippen LogP contribution in [0.1, 0.15) is 31.4 Å². The zero-order chi connectivity index (χ0) is 18.3. The molecule has 4 rings (SSSR count). The number of hydrogen-bond acceptors (Lipinski definition) is 3. The lowest BCUT2D eigenvalue weighted by Crippen LogP contribution is -2.44. The molecular weight excluding hydrogens is 362 g/mol. The molecule has 2 N–H and O–H groups in total. The number of hydrogen-bond donors (Lipinski definition) is 2. The maximum Gasteiger partial charge on any atom is 0.315 e. The Hall–Kier alpha value is -2.15. The van der Waals surface area contributed by atoms with Crippen LogP contribution in [-0.4, -0.2) is 36.2 Å². The van der Waals surface area contributed by atoms with Crippen LogP contribution in [0.2, 0.25) is 5.02 Å². The third kappa shape index (κ3) is 3.67. The van der Waals surface area contributed by atoms with Gasteiger partial charge in [-0.15, -0.1) is 0 Å². The predicted molar refractivity (Wildman–Crippen MR) is 97.0 cm³/mol. The van der Waals surface area contributed by atoms with Crippen LogP contribution in [0.3, 0.4) is 0 Å². The van der Waals surface area contributed by atoms with E-state index in [1.807, 2.05) is 4.90 Å². The van der Waals surface area contributed by atoms with Crippen LogP contribution in [0.25, 0.3) is 10.9 Å². The van der Waals surface area contributed by atoms with E-state index in [1.165, 1.54) is 6.07 Å². The van der Waals surface area contributed by atoms with Crippen molar-refractivity contribution in [2.24, 2.45) is 0 Å². The van der Waals surface area contributed by atoms with E-state index in [1.54, 1.807) is 18.2 Å². The Morgan fingerprint density at radius 1 is 1.19 bits per heavy atom. The second-order valence-electron chi connectivity index (χ2n) is 6.85. The lowest BCUT2D eigenvalue weighted by molar-refractivity contribution is 0.146. The van der Waals surface area contributed by atoms with Gasteiger partial charge in [0.2, 0.25) is 0 Å². The number of fused-ring (bicyclic) bond motifs is 1. The largest absolute Gasteiger partial charge is 0.369 e. The van der Waals surface area contributed by atoms with E-state index in [2.05, 4.69) is 15.6 Å². The van der Waals surface area contributed by atoms with Gasteiger partial charge in [0.15, 0.2) is 0 Å². The Labute approximate surface area is 154 Å². The summed E-state index contributed by atoms with van der Waals surface area (Å²) in [7, 11) is 0. The minimum Gasteiger partial charge on any atom is -0.369 e. The highest BCUT2D eigenvalue weighted by Crippen LogP contribution is 2.33. The van der Waals surface area contributed by atoms with Gasteiger partial charge in [0, 0.05) is 41.3 Å². The fraction of sp³-hybridized carbons (Fsp3) is 0.444. The standard InChI is InChI=1S/C18H19ClF2N4O/c19-10-1-4-14-13(7-10)16(8-15(24-14)17(20)21)25-6-5-12(9-25)23-18(26)22-11-2-3-11/h1,4,7-8,11-12,17H,2-3,5-6,9H2,(H2,22,23,26). The number of alkyl halides is 2. The van der Waals surface area contributed by atoms with Gasteiger partial charge in [-0.05, 0) is 43.5 Å². The van der Waals surface area contributed by atoms with Crippen molar-refractivity contribution in [1.29, 1.82) is 0 Å². The maximum atomic E-state index is 13.2. The molecule has 1 aliphatic heterocycles. The molecule has 138 valence electrons. The van der Waals surface area contributed by atoms with Gasteiger partial charge in [0.25, 0.3) is 6.43 Å². The molecule has 1 saturated heterocycles. The molecule has 1 saturated carbocycles. The first-order valence-electron chi connectivity index (χ1n) is 8.70. The van der Waals surface area contributed by atoms with Crippen molar-refractivity contribution in [2.75, 3.05) is 18.0 Å².